The molecular weight excluding hydrogens is 420 g/mol. The number of piperidine rings is 1. The first-order valence-corrected chi connectivity index (χ1v) is 11.0. The van der Waals surface area contributed by atoms with E-state index in [1.165, 1.54) is 9.13 Å². The van der Waals surface area contributed by atoms with E-state index in [2.05, 4.69) is 21.7 Å². The van der Waals surface area contributed by atoms with Gasteiger partial charge in [-0.25, -0.2) is 9.78 Å². The van der Waals surface area contributed by atoms with Gasteiger partial charge in [0.2, 0.25) is 5.95 Å². The number of imidazole rings is 2. The largest absolute Gasteiger partial charge is 0.341 e. The number of pyridine rings is 1. The Bertz CT molecular complexity index is 1490. The zero-order chi connectivity index (χ0) is 23.1. The third kappa shape index (κ3) is 3.60. The van der Waals surface area contributed by atoms with Gasteiger partial charge in [0, 0.05) is 38.6 Å². The minimum atomic E-state index is -0.433. The van der Waals surface area contributed by atoms with Gasteiger partial charge in [0.1, 0.15) is 5.65 Å². The van der Waals surface area contributed by atoms with E-state index < -0.39 is 11.2 Å². The fourth-order valence-corrected chi connectivity index (χ4v) is 4.47. The first-order valence-electron chi connectivity index (χ1n) is 11.0. The molecule has 1 aliphatic rings. The van der Waals surface area contributed by atoms with Crippen LogP contribution in [0.4, 0.5) is 5.95 Å². The number of nitrogens with zero attached hydrogens (tertiary/aromatic N) is 7. The summed E-state index contributed by atoms with van der Waals surface area (Å²) >= 11 is 0. The average Bonchev–Trinajstić information content (AvgIpc) is 3.40. The highest BCUT2D eigenvalue weighted by Crippen LogP contribution is 2.22. The number of anilines is 1. The molecule has 170 valence electrons. The quantitative estimate of drug-likeness (QED) is 0.459. The van der Waals surface area contributed by atoms with Gasteiger partial charge in [-0.05, 0) is 31.9 Å². The highest BCUT2D eigenvalue weighted by molar-refractivity contribution is 5.75. The molecule has 0 spiro atoms. The first kappa shape index (κ1) is 21.0. The summed E-state index contributed by atoms with van der Waals surface area (Å²) in [6.45, 7) is 3.56. The fraction of sp³-hybridized carbons (Fsp3) is 0.391. The van der Waals surface area contributed by atoms with E-state index in [-0.39, 0.29) is 12.6 Å². The molecule has 5 rings (SSSR count). The minimum absolute atomic E-state index is 0.0415. The number of fused-ring (bicyclic) bond motifs is 2. The summed E-state index contributed by atoms with van der Waals surface area (Å²) in [7, 11) is 1.64. The zero-order valence-corrected chi connectivity index (χ0v) is 18.7. The van der Waals surface area contributed by atoms with Crippen LogP contribution >= 0.6 is 0 Å². The summed E-state index contributed by atoms with van der Waals surface area (Å²) < 4.78 is 6.32. The number of nitrogens with two attached hydrogens (primary N) is 1. The Morgan fingerprint density at radius 1 is 1.21 bits per heavy atom. The maximum absolute atomic E-state index is 13.6. The van der Waals surface area contributed by atoms with Crippen molar-refractivity contribution in [1.29, 1.82) is 0 Å². The molecule has 1 fully saturated rings. The molecule has 1 aliphatic heterocycles. The third-order valence-electron chi connectivity index (χ3n) is 6.10. The van der Waals surface area contributed by atoms with E-state index in [4.69, 9.17) is 10.7 Å². The molecule has 0 bridgehead atoms. The Hall–Kier alpha value is -3.84. The second kappa shape index (κ2) is 8.26. The molecule has 0 aliphatic carbocycles. The van der Waals surface area contributed by atoms with E-state index >= 15 is 0 Å². The molecule has 0 radical (unpaired) electrons. The van der Waals surface area contributed by atoms with Crippen LogP contribution in [-0.4, -0.2) is 47.2 Å². The van der Waals surface area contributed by atoms with E-state index in [1.54, 1.807) is 14.0 Å². The van der Waals surface area contributed by atoms with Crippen LogP contribution in [0.3, 0.4) is 0 Å². The summed E-state index contributed by atoms with van der Waals surface area (Å²) in [4.78, 5) is 38.2. The Balaban J connectivity index is 1.68. The van der Waals surface area contributed by atoms with Crippen molar-refractivity contribution in [2.45, 2.75) is 38.9 Å². The second-order valence-corrected chi connectivity index (χ2v) is 8.38. The molecule has 5 heterocycles. The highest BCUT2D eigenvalue weighted by atomic mass is 16.2. The van der Waals surface area contributed by atoms with Gasteiger partial charge >= 0.3 is 5.69 Å². The SMILES string of the molecule is CC#CCn1c(N2CCCC(N)C2)nc2c1c(=O)n(Cc1cn3ccccc3n1)c(=O)n2C. The molecule has 4 aromatic heterocycles. The van der Waals surface area contributed by atoms with Gasteiger partial charge in [0.15, 0.2) is 11.2 Å². The lowest BCUT2D eigenvalue weighted by Gasteiger charge is -2.31. The maximum atomic E-state index is 13.6. The molecule has 10 nitrogen and oxygen atoms in total. The molecule has 4 aromatic rings. The van der Waals surface area contributed by atoms with Crippen molar-refractivity contribution in [2.75, 3.05) is 18.0 Å². The first-order chi connectivity index (χ1) is 16.0. The van der Waals surface area contributed by atoms with Crippen molar-refractivity contribution in [2.24, 2.45) is 12.8 Å². The number of rotatable bonds is 4. The summed E-state index contributed by atoms with van der Waals surface area (Å²) in [6.07, 6.45) is 5.60. The smallest absolute Gasteiger partial charge is 0.332 e. The Morgan fingerprint density at radius 3 is 2.82 bits per heavy atom. The number of aryl methyl sites for hydroxylation is 1. The summed E-state index contributed by atoms with van der Waals surface area (Å²) in [5.74, 6) is 6.56. The molecule has 33 heavy (non-hydrogen) atoms. The Labute approximate surface area is 189 Å². The molecule has 1 saturated heterocycles. The van der Waals surface area contributed by atoms with E-state index in [9.17, 15) is 9.59 Å². The van der Waals surface area contributed by atoms with Gasteiger partial charge in [-0.3, -0.25) is 18.5 Å². The zero-order valence-electron chi connectivity index (χ0n) is 18.7. The van der Waals surface area contributed by atoms with Crippen LogP contribution in [0.2, 0.25) is 0 Å². The topological polar surface area (TPSA) is 108 Å². The van der Waals surface area contributed by atoms with Crippen molar-refractivity contribution >= 4 is 22.8 Å². The van der Waals surface area contributed by atoms with Gasteiger partial charge in [-0.1, -0.05) is 12.0 Å². The lowest BCUT2D eigenvalue weighted by Crippen LogP contribution is -2.44. The highest BCUT2D eigenvalue weighted by Gasteiger charge is 2.26. The van der Waals surface area contributed by atoms with Crippen LogP contribution in [0.5, 0.6) is 0 Å². The van der Waals surface area contributed by atoms with Gasteiger partial charge in [0.25, 0.3) is 5.56 Å². The standard InChI is InChI=1S/C23H26N8O2/c1-3-4-12-30-19-20(26-22(30)29-11-7-8-16(24)13-29)27(2)23(33)31(21(19)32)15-17-14-28-10-6-5-9-18(28)25-17/h5-6,9-10,14,16H,7-8,11-13,15,24H2,1-2H3. The Morgan fingerprint density at radius 2 is 2.06 bits per heavy atom. The second-order valence-electron chi connectivity index (χ2n) is 8.38. The van der Waals surface area contributed by atoms with E-state index in [0.29, 0.717) is 35.9 Å². The predicted octanol–water partition coefficient (Wildman–Crippen LogP) is 0.544. The van der Waals surface area contributed by atoms with Gasteiger partial charge < -0.3 is 15.0 Å². The van der Waals surface area contributed by atoms with Crippen LogP contribution < -0.4 is 21.9 Å². The number of hydrogen-bond acceptors (Lipinski definition) is 6. The molecule has 1 atom stereocenters. The summed E-state index contributed by atoms with van der Waals surface area (Å²) in [5.41, 5.74) is 7.45. The maximum Gasteiger partial charge on any atom is 0.332 e. The van der Waals surface area contributed by atoms with Crippen LogP contribution in [0.25, 0.3) is 16.8 Å². The van der Waals surface area contributed by atoms with Crippen LogP contribution in [-0.2, 0) is 20.1 Å². The van der Waals surface area contributed by atoms with Gasteiger partial charge in [-0.15, -0.1) is 5.92 Å². The van der Waals surface area contributed by atoms with Crippen molar-refractivity contribution in [3.8, 4) is 11.8 Å². The number of hydrogen-bond donors (Lipinski definition) is 1. The van der Waals surface area contributed by atoms with Crippen molar-refractivity contribution in [3.05, 3.63) is 57.1 Å². The summed E-state index contributed by atoms with van der Waals surface area (Å²) in [6, 6.07) is 5.71. The molecule has 0 aromatic carbocycles. The van der Waals surface area contributed by atoms with E-state index in [1.807, 2.05) is 39.6 Å². The average molecular weight is 447 g/mol. The van der Waals surface area contributed by atoms with Crippen LogP contribution in [0, 0.1) is 11.8 Å². The van der Waals surface area contributed by atoms with Crippen molar-refractivity contribution in [1.82, 2.24) is 28.1 Å². The molecule has 1 unspecified atom stereocenters. The van der Waals surface area contributed by atoms with Crippen LogP contribution in [0.1, 0.15) is 25.5 Å². The van der Waals surface area contributed by atoms with Crippen molar-refractivity contribution < 1.29 is 0 Å². The summed E-state index contributed by atoms with van der Waals surface area (Å²) in [5, 5.41) is 0. The normalized spacial score (nSPS) is 16.3. The van der Waals surface area contributed by atoms with Gasteiger partial charge in [-0.2, -0.15) is 4.98 Å². The van der Waals surface area contributed by atoms with E-state index in [0.717, 1.165) is 25.0 Å². The molecular formula is C23H26N8O2. The van der Waals surface area contributed by atoms with Crippen molar-refractivity contribution in [3.63, 3.8) is 0 Å². The third-order valence-corrected chi connectivity index (χ3v) is 6.10. The number of aromatic nitrogens is 6. The molecule has 0 saturated carbocycles. The lowest BCUT2D eigenvalue weighted by atomic mass is 10.1. The lowest BCUT2D eigenvalue weighted by molar-refractivity contribution is 0.496. The minimum Gasteiger partial charge on any atom is -0.341 e. The van der Waals surface area contributed by atoms with Gasteiger partial charge in [0.05, 0.1) is 18.8 Å². The molecule has 10 heteroatoms. The Kier molecular flexibility index (Phi) is 5.26. The predicted molar refractivity (Wildman–Crippen MR) is 126 cm³/mol. The molecule has 0 amide bonds. The van der Waals surface area contributed by atoms with Crippen LogP contribution in [0.15, 0.2) is 40.2 Å². The fourth-order valence-electron chi connectivity index (χ4n) is 4.47. The monoisotopic (exact) mass is 446 g/mol. The molecule has 2 N–H and O–H groups in total.